The van der Waals surface area contributed by atoms with Gasteiger partial charge in [0, 0.05) is 23.8 Å². The molecule has 0 N–H and O–H groups in total. The first-order valence-electron chi connectivity index (χ1n) is 6.51. The van der Waals surface area contributed by atoms with Crippen LogP contribution in [0.25, 0.3) is 0 Å². The van der Waals surface area contributed by atoms with Gasteiger partial charge in [-0.25, -0.2) is 0 Å². The van der Waals surface area contributed by atoms with E-state index in [-0.39, 0.29) is 29.8 Å². The first-order chi connectivity index (χ1) is 8.09. The second-order valence-corrected chi connectivity index (χ2v) is 5.54. The van der Waals surface area contributed by atoms with Gasteiger partial charge in [0.05, 0.1) is 12.2 Å². The highest BCUT2D eigenvalue weighted by atomic mass is 16.5. The molecule has 0 unspecified atom stereocenters. The molecule has 0 aromatic rings. The van der Waals surface area contributed by atoms with Gasteiger partial charge >= 0.3 is 0 Å². The van der Waals surface area contributed by atoms with Gasteiger partial charge in [0.2, 0.25) is 0 Å². The van der Waals surface area contributed by atoms with Gasteiger partial charge in [0.25, 0.3) is 0 Å². The van der Waals surface area contributed by atoms with Crippen molar-refractivity contribution in [3.05, 3.63) is 11.1 Å². The summed E-state index contributed by atoms with van der Waals surface area (Å²) in [6.45, 7) is 3.67. The molecule has 2 aliphatic carbocycles. The van der Waals surface area contributed by atoms with Crippen LogP contribution in [0.15, 0.2) is 11.1 Å². The highest BCUT2D eigenvalue weighted by Gasteiger charge is 2.49. The molecule has 4 atom stereocenters. The van der Waals surface area contributed by atoms with E-state index in [1.165, 1.54) is 0 Å². The quantitative estimate of drug-likeness (QED) is 0.697. The van der Waals surface area contributed by atoms with Crippen LogP contribution in [0.4, 0.5) is 0 Å². The molecule has 0 aromatic carbocycles. The number of fused-ring (bicyclic) bond motifs is 2. The molecule has 0 aromatic heterocycles. The van der Waals surface area contributed by atoms with Crippen LogP contribution in [0.3, 0.4) is 0 Å². The minimum Gasteiger partial charge on any atom is -0.370 e. The fourth-order valence-corrected chi connectivity index (χ4v) is 3.69. The average molecular weight is 234 g/mol. The van der Waals surface area contributed by atoms with E-state index >= 15 is 0 Å². The van der Waals surface area contributed by atoms with E-state index in [1.807, 2.05) is 6.92 Å². The summed E-state index contributed by atoms with van der Waals surface area (Å²) in [7, 11) is 0. The molecule has 0 radical (unpaired) electrons. The average Bonchev–Trinajstić information content (AvgIpc) is 2.29. The molecular formula is C14H18O3. The first kappa shape index (κ1) is 11.1. The molecule has 0 amide bonds. The summed E-state index contributed by atoms with van der Waals surface area (Å²) in [5.74, 6) is 0.660. The Hall–Kier alpha value is -0.960. The third-order valence-corrected chi connectivity index (χ3v) is 4.53. The van der Waals surface area contributed by atoms with Crippen molar-refractivity contribution in [2.75, 3.05) is 0 Å². The van der Waals surface area contributed by atoms with Gasteiger partial charge in [-0.3, -0.25) is 9.59 Å². The van der Waals surface area contributed by atoms with E-state index in [1.54, 1.807) is 6.92 Å². The number of Topliss-reactive ketones (excluding diaryl/α,β-unsaturated/α-hetero) is 2. The van der Waals surface area contributed by atoms with Gasteiger partial charge in [-0.15, -0.1) is 0 Å². The fraction of sp³-hybridized carbons (Fsp3) is 0.714. The molecule has 3 nitrogen and oxygen atoms in total. The third-order valence-electron chi connectivity index (χ3n) is 4.53. The Morgan fingerprint density at radius 3 is 2.82 bits per heavy atom. The molecule has 2 aliphatic heterocycles. The number of carbonyl (C=O) groups excluding carboxylic acids is 2. The predicted octanol–water partition coefficient (Wildman–Crippen LogP) is 2.05. The molecule has 17 heavy (non-hydrogen) atoms. The SMILES string of the molecule is CC(=O)[C@@H]1C[C@@H]2C3=C(CCCC3=O)[C@H]1O[C@H]2C. The maximum atomic E-state index is 12.0. The molecule has 4 aliphatic rings. The minimum absolute atomic E-state index is 0.0131. The van der Waals surface area contributed by atoms with Crippen molar-refractivity contribution >= 4 is 11.6 Å². The molecule has 2 bridgehead atoms. The Morgan fingerprint density at radius 1 is 1.35 bits per heavy atom. The number of rotatable bonds is 1. The van der Waals surface area contributed by atoms with E-state index in [9.17, 15) is 9.59 Å². The van der Waals surface area contributed by atoms with Crippen LogP contribution < -0.4 is 0 Å². The van der Waals surface area contributed by atoms with Crippen molar-refractivity contribution in [3.8, 4) is 0 Å². The van der Waals surface area contributed by atoms with Crippen molar-refractivity contribution < 1.29 is 14.3 Å². The van der Waals surface area contributed by atoms with Gasteiger partial charge in [0.15, 0.2) is 5.78 Å². The lowest BCUT2D eigenvalue weighted by atomic mass is 9.65. The molecule has 0 saturated carbocycles. The summed E-state index contributed by atoms with van der Waals surface area (Å²) in [4.78, 5) is 23.7. The standard InChI is InChI=1S/C14H18O3/c1-7(15)10-6-11-8(2)17-14(10)9-4-3-5-12(16)13(9)11/h8,10-11,14H,3-6H2,1-2H3/t8-,10-,11-,14+/m0/s1. The fourth-order valence-electron chi connectivity index (χ4n) is 3.69. The van der Waals surface area contributed by atoms with E-state index < -0.39 is 0 Å². The lowest BCUT2D eigenvalue weighted by Crippen LogP contribution is -2.51. The Labute approximate surface area is 101 Å². The second kappa shape index (κ2) is 3.77. The summed E-state index contributed by atoms with van der Waals surface area (Å²) in [5.41, 5.74) is 2.17. The summed E-state index contributed by atoms with van der Waals surface area (Å²) in [5, 5.41) is 0. The van der Waals surface area contributed by atoms with Crippen molar-refractivity contribution in [3.63, 3.8) is 0 Å². The Kier molecular flexibility index (Phi) is 2.47. The number of ketones is 2. The third kappa shape index (κ3) is 1.52. The van der Waals surface area contributed by atoms with Crippen molar-refractivity contribution in [1.82, 2.24) is 0 Å². The highest BCUT2D eigenvalue weighted by molar-refractivity contribution is 5.98. The molecule has 4 rings (SSSR count). The zero-order valence-corrected chi connectivity index (χ0v) is 10.4. The molecular weight excluding hydrogens is 216 g/mol. The van der Waals surface area contributed by atoms with E-state index in [0.29, 0.717) is 12.2 Å². The van der Waals surface area contributed by atoms with Crippen LogP contribution in [0.5, 0.6) is 0 Å². The monoisotopic (exact) mass is 234 g/mol. The molecule has 1 fully saturated rings. The Bertz CT molecular complexity index is 421. The van der Waals surface area contributed by atoms with Gasteiger partial charge in [0.1, 0.15) is 5.78 Å². The largest absolute Gasteiger partial charge is 0.370 e. The predicted molar refractivity (Wildman–Crippen MR) is 62.5 cm³/mol. The number of ether oxygens (including phenoxy) is 1. The van der Waals surface area contributed by atoms with Crippen LogP contribution in [0.2, 0.25) is 0 Å². The molecule has 3 heteroatoms. The smallest absolute Gasteiger partial charge is 0.159 e. The van der Waals surface area contributed by atoms with Crippen LogP contribution in [-0.4, -0.2) is 23.8 Å². The number of hydrogen-bond acceptors (Lipinski definition) is 3. The maximum Gasteiger partial charge on any atom is 0.159 e. The number of hydrogen-bond donors (Lipinski definition) is 0. The van der Waals surface area contributed by atoms with Crippen LogP contribution in [0.1, 0.15) is 39.5 Å². The van der Waals surface area contributed by atoms with Crippen LogP contribution in [0, 0.1) is 11.8 Å². The van der Waals surface area contributed by atoms with E-state index in [0.717, 1.165) is 30.4 Å². The second-order valence-electron chi connectivity index (χ2n) is 5.54. The van der Waals surface area contributed by atoms with Gasteiger partial charge < -0.3 is 4.74 Å². The Morgan fingerprint density at radius 2 is 2.12 bits per heavy atom. The summed E-state index contributed by atoms with van der Waals surface area (Å²) in [6, 6.07) is 0. The normalized spacial score (nSPS) is 40.5. The lowest BCUT2D eigenvalue weighted by Gasteiger charge is -2.48. The van der Waals surface area contributed by atoms with Crippen LogP contribution >= 0.6 is 0 Å². The first-order valence-corrected chi connectivity index (χ1v) is 6.51. The van der Waals surface area contributed by atoms with Gasteiger partial charge in [-0.05, 0) is 38.7 Å². The zero-order chi connectivity index (χ0) is 12.2. The lowest BCUT2D eigenvalue weighted by molar-refractivity contribution is -0.143. The topological polar surface area (TPSA) is 43.4 Å². The van der Waals surface area contributed by atoms with Crippen LogP contribution in [-0.2, 0) is 14.3 Å². The molecule has 2 heterocycles. The molecule has 1 saturated heterocycles. The van der Waals surface area contributed by atoms with Gasteiger partial charge in [-0.1, -0.05) is 0 Å². The highest BCUT2D eigenvalue weighted by Crippen LogP contribution is 2.48. The van der Waals surface area contributed by atoms with E-state index in [4.69, 9.17) is 4.74 Å². The van der Waals surface area contributed by atoms with Crippen molar-refractivity contribution in [2.45, 2.75) is 51.7 Å². The van der Waals surface area contributed by atoms with Crippen molar-refractivity contribution in [1.29, 1.82) is 0 Å². The van der Waals surface area contributed by atoms with E-state index in [2.05, 4.69) is 0 Å². The summed E-state index contributed by atoms with van der Waals surface area (Å²) in [6.07, 6.45) is 3.34. The summed E-state index contributed by atoms with van der Waals surface area (Å²) >= 11 is 0. The van der Waals surface area contributed by atoms with Gasteiger partial charge in [-0.2, -0.15) is 0 Å². The Balaban J connectivity index is 2.06. The summed E-state index contributed by atoms with van der Waals surface area (Å²) < 4.78 is 5.95. The van der Waals surface area contributed by atoms with Crippen molar-refractivity contribution in [2.24, 2.45) is 11.8 Å². The number of carbonyl (C=O) groups is 2. The molecule has 0 spiro atoms. The zero-order valence-electron chi connectivity index (χ0n) is 10.4. The maximum absolute atomic E-state index is 12.0. The minimum atomic E-state index is -0.105. The molecule has 92 valence electrons.